The predicted molar refractivity (Wildman–Crippen MR) is 158 cm³/mol. The Bertz CT molecular complexity index is 1840. The smallest absolute Gasteiger partial charge is 0.422 e. The largest absolute Gasteiger partial charge is 0.497 e. The fourth-order valence-electron chi connectivity index (χ4n) is 4.41. The van der Waals surface area contributed by atoms with Crippen LogP contribution in [0, 0.1) is 23.3 Å². The van der Waals surface area contributed by atoms with E-state index in [4.69, 9.17) is 16.3 Å². The van der Waals surface area contributed by atoms with Crippen molar-refractivity contribution in [3.05, 3.63) is 142 Å². The Kier molecular flexibility index (Phi) is 9.52. The second kappa shape index (κ2) is 13.2. The highest BCUT2D eigenvalue weighted by Crippen LogP contribution is 2.43. The van der Waals surface area contributed by atoms with Crippen LogP contribution < -0.4 is 4.74 Å². The molecule has 0 radical (unpaired) electrons. The first-order chi connectivity index (χ1) is 21.4. The summed E-state index contributed by atoms with van der Waals surface area (Å²) in [7, 11) is -0.541. The van der Waals surface area contributed by atoms with E-state index in [0.717, 1.165) is 0 Å². The zero-order valence-corrected chi connectivity index (χ0v) is 25.3. The molecule has 12 heteroatoms. The number of alkyl halides is 3. The topological polar surface area (TPSA) is 26.3 Å². The summed E-state index contributed by atoms with van der Waals surface area (Å²) in [6.45, 7) is 0. The normalized spacial score (nSPS) is 12.2. The standard InChI is InChI=1S/C33H19ClF7O2S2/c1-43-21-7-11-24(12-8-21)45(32-29(37)27(35)26(33(39,40)41)28(36)30(32)38)25-13-9-22(10-14-25)44-23-16-19(15-20(34)17-23)31(42)18-5-3-2-4-6-18/h2-17H,1H3/q+1. The van der Waals surface area contributed by atoms with E-state index in [1.165, 1.54) is 61.3 Å². The van der Waals surface area contributed by atoms with Crippen LogP contribution in [0.25, 0.3) is 0 Å². The summed E-state index contributed by atoms with van der Waals surface area (Å²) in [6.07, 6.45) is -5.67. The van der Waals surface area contributed by atoms with Crippen LogP contribution >= 0.6 is 23.4 Å². The minimum absolute atomic E-state index is 0.159. The molecule has 0 fully saturated rings. The van der Waals surface area contributed by atoms with Crippen molar-refractivity contribution in [3.8, 4) is 5.75 Å². The molecule has 5 rings (SSSR count). The van der Waals surface area contributed by atoms with Crippen LogP contribution in [0.15, 0.2) is 122 Å². The van der Waals surface area contributed by atoms with Crippen molar-refractivity contribution in [1.29, 1.82) is 0 Å². The Labute approximate surface area is 265 Å². The van der Waals surface area contributed by atoms with E-state index in [-0.39, 0.29) is 15.6 Å². The number of carbonyl (C=O) groups excluding carboxylic acids is 1. The van der Waals surface area contributed by atoms with E-state index in [2.05, 4.69) is 0 Å². The van der Waals surface area contributed by atoms with E-state index in [9.17, 15) is 26.7 Å². The molecule has 0 aliphatic heterocycles. The third-order valence-electron chi connectivity index (χ3n) is 6.47. The van der Waals surface area contributed by atoms with Gasteiger partial charge in [-0.3, -0.25) is 4.79 Å². The van der Waals surface area contributed by atoms with Crippen molar-refractivity contribution in [2.45, 2.75) is 30.7 Å². The van der Waals surface area contributed by atoms with Crippen molar-refractivity contribution >= 4 is 40.0 Å². The molecule has 0 saturated heterocycles. The number of rotatable bonds is 8. The van der Waals surface area contributed by atoms with Crippen LogP contribution in [0.1, 0.15) is 21.5 Å². The number of benzene rings is 5. The molecule has 0 aliphatic carbocycles. The van der Waals surface area contributed by atoms with E-state index < -0.39 is 50.8 Å². The van der Waals surface area contributed by atoms with Gasteiger partial charge in [0.25, 0.3) is 0 Å². The molecular formula is C33H19ClF7O2S2+. The number of hydrogen-bond acceptors (Lipinski definition) is 3. The number of halogens is 8. The molecule has 230 valence electrons. The van der Waals surface area contributed by atoms with Gasteiger partial charge in [-0.1, -0.05) is 53.7 Å². The van der Waals surface area contributed by atoms with Gasteiger partial charge in [0.05, 0.1) is 7.11 Å². The van der Waals surface area contributed by atoms with Crippen LogP contribution in [0.4, 0.5) is 30.7 Å². The molecule has 0 N–H and O–H groups in total. The summed E-state index contributed by atoms with van der Waals surface area (Å²) in [4.78, 5) is 13.3. The zero-order valence-electron chi connectivity index (χ0n) is 22.9. The predicted octanol–water partition coefficient (Wildman–Crippen LogP) is 10.4. The maximum absolute atomic E-state index is 15.3. The van der Waals surface area contributed by atoms with Gasteiger partial charge in [-0.2, -0.15) is 22.0 Å². The lowest BCUT2D eigenvalue weighted by atomic mass is 10.0. The number of ether oxygens (including phenoxy) is 1. The third kappa shape index (κ3) is 6.85. The number of ketones is 1. The molecule has 0 bridgehead atoms. The van der Waals surface area contributed by atoms with Gasteiger partial charge in [0, 0.05) is 25.9 Å². The molecule has 2 nitrogen and oxygen atoms in total. The molecule has 0 aliphatic rings. The van der Waals surface area contributed by atoms with Gasteiger partial charge >= 0.3 is 6.18 Å². The van der Waals surface area contributed by atoms with E-state index in [1.807, 2.05) is 0 Å². The van der Waals surface area contributed by atoms with Crippen LogP contribution in [-0.4, -0.2) is 12.9 Å². The second-order valence-corrected chi connectivity index (χ2v) is 12.9. The number of carbonyl (C=O) groups is 1. The lowest BCUT2D eigenvalue weighted by Gasteiger charge is -2.15. The Hall–Kier alpha value is -3.93. The maximum Gasteiger partial charge on any atom is 0.422 e. The van der Waals surface area contributed by atoms with E-state index >= 15 is 8.78 Å². The van der Waals surface area contributed by atoms with Crippen molar-refractivity contribution in [1.82, 2.24) is 0 Å². The first-order valence-corrected chi connectivity index (χ1v) is 15.3. The summed E-state index contributed by atoms with van der Waals surface area (Å²) in [5.41, 5.74) is -1.81. The Morgan fingerprint density at radius 1 is 0.711 bits per heavy atom. The molecule has 5 aromatic carbocycles. The van der Waals surface area contributed by atoms with Gasteiger partial charge in [0.2, 0.25) is 16.5 Å². The second-order valence-electron chi connectivity index (χ2n) is 9.38. The quantitative estimate of drug-likeness (QED) is 0.0707. The molecule has 5 aromatic rings. The number of methoxy groups -OCH3 is 1. The molecule has 0 amide bonds. The summed E-state index contributed by atoms with van der Waals surface area (Å²) in [5, 5.41) is 0.314. The van der Waals surface area contributed by atoms with Crippen molar-refractivity contribution in [2.24, 2.45) is 0 Å². The highest BCUT2D eigenvalue weighted by atomic mass is 35.5. The minimum atomic E-state index is -5.67. The van der Waals surface area contributed by atoms with Gasteiger partial charge in [-0.05, 0) is 66.7 Å². The van der Waals surface area contributed by atoms with Crippen LogP contribution in [0.5, 0.6) is 5.75 Å². The molecule has 45 heavy (non-hydrogen) atoms. The maximum atomic E-state index is 15.3. The van der Waals surface area contributed by atoms with Crippen LogP contribution in [-0.2, 0) is 17.1 Å². The number of hydrogen-bond donors (Lipinski definition) is 0. The fraction of sp³-hybridized carbons (Fsp3) is 0.0606. The monoisotopic (exact) mass is 679 g/mol. The summed E-state index contributed by atoms with van der Waals surface area (Å²) in [5.74, 6) is -9.22. The molecule has 0 saturated carbocycles. The van der Waals surface area contributed by atoms with Gasteiger partial charge in [-0.15, -0.1) is 0 Å². The molecule has 0 aromatic heterocycles. The highest BCUT2D eigenvalue weighted by Gasteiger charge is 2.47. The lowest BCUT2D eigenvalue weighted by molar-refractivity contribution is -0.143. The Morgan fingerprint density at radius 2 is 1.27 bits per heavy atom. The van der Waals surface area contributed by atoms with Crippen LogP contribution in [0.2, 0.25) is 5.02 Å². The third-order valence-corrected chi connectivity index (χ3v) is 9.92. The first-order valence-electron chi connectivity index (χ1n) is 12.9. The zero-order chi connectivity index (χ0) is 32.5. The minimum Gasteiger partial charge on any atom is -0.497 e. The molecule has 1 unspecified atom stereocenters. The Morgan fingerprint density at radius 3 is 1.80 bits per heavy atom. The Balaban J connectivity index is 1.54. The van der Waals surface area contributed by atoms with Gasteiger partial charge in [0.1, 0.15) is 22.2 Å². The first kappa shape index (κ1) is 32.5. The average molecular weight is 680 g/mol. The van der Waals surface area contributed by atoms with Crippen molar-refractivity contribution in [2.75, 3.05) is 7.11 Å². The molecule has 1 atom stereocenters. The molecule has 0 heterocycles. The van der Waals surface area contributed by atoms with Gasteiger partial charge in [0.15, 0.2) is 27.2 Å². The fourth-order valence-corrected chi connectivity index (χ4v) is 7.73. The summed E-state index contributed by atoms with van der Waals surface area (Å²) >= 11 is 7.51. The van der Waals surface area contributed by atoms with E-state index in [1.54, 1.807) is 54.6 Å². The van der Waals surface area contributed by atoms with E-state index in [0.29, 0.717) is 31.7 Å². The average Bonchev–Trinajstić information content (AvgIpc) is 3.02. The molecule has 0 spiro atoms. The van der Waals surface area contributed by atoms with Crippen molar-refractivity contribution in [3.63, 3.8) is 0 Å². The SMILES string of the molecule is COc1ccc([S+](c2ccc(Sc3cc(Cl)cc(C(=O)c4ccccc4)c3)cc2)c2c(F)c(F)c(C(F)(F)F)c(F)c2F)cc1. The van der Waals surface area contributed by atoms with Gasteiger partial charge < -0.3 is 4.74 Å². The molecular weight excluding hydrogens is 661 g/mol. The summed E-state index contributed by atoms with van der Waals surface area (Å²) in [6, 6.07) is 25.1. The van der Waals surface area contributed by atoms with Crippen molar-refractivity contribution < 1.29 is 40.3 Å². The van der Waals surface area contributed by atoms with Gasteiger partial charge in [-0.25, -0.2) is 8.78 Å². The van der Waals surface area contributed by atoms with Crippen LogP contribution in [0.3, 0.4) is 0 Å². The highest BCUT2D eigenvalue weighted by molar-refractivity contribution is 7.99. The lowest BCUT2D eigenvalue weighted by Crippen LogP contribution is -2.19. The summed E-state index contributed by atoms with van der Waals surface area (Å²) < 4.78 is 105.